The maximum absolute atomic E-state index is 11.3. The van der Waals surface area contributed by atoms with Crippen molar-refractivity contribution in [3.63, 3.8) is 0 Å². The molecular weight excluding hydrogens is 236 g/mol. The zero-order valence-electron chi connectivity index (χ0n) is 10.0. The Morgan fingerprint density at radius 3 is 2.78 bits per heavy atom. The number of carboxylic acids is 1. The second-order valence-electron chi connectivity index (χ2n) is 3.83. The Hall–Kier alpha value is -2.37. The predicted molar refractivity (Wildman–Crippen MR) is 63.4 cm³/mol. The molecule has 0 saturated heterocycles. The third-order valence-corrected chi connectivity index (χ3v) is 2.70. The molecule has 0 aliphatic carbocycles. The lowest BCUT2D eigenvalue weighted by Crippen LogP contribution is -2.12. The molecule has 0 atom stereocenters. The first kappa shape index (κ1) is 12.1. The molecule has 1 aromatic carbocycles. The molecule has 0 spiro atoms. The van der Waals surface area contributed by atoms with Crippen molar-refractivity contribution in [3.05, 3.63) is 29.6 Å². The van der Waals surface area contributed by atoms with Crippen LogP contribution in [-0.2, 0) is 16.1 Å². The van der Waals surface area contributed by atoms with Crippen LogP contribution < -0.4 is 0 Å². The third-order valence-electron chi connectivity index (χ3n) is 2.70. The van der Waals surface area contributed by atoms with Crippen molar-refractivity contribution in [2.45, 2.75) is 13.5 Å². The number of benzene rings is 1. The average molecular weight is 248 g/mol. The van der Waals surface area contributed by atoms with Crippen molar-refractivity contribution in [3.8, 4) is 0 Å². The molecular formula is C12H12N2O4. The number of nitrogens with zero attached hydrogens (tertiary/aromatic N) is 2. The van der Waals surface area contributed by atoms with Gasteiger partial charge in [0.05, 0.1) is 23.7 Å². The number of hydrogen-bond acceptors (Lipinski definition) is 4. The number of rotatable bonds is 3. The Morgan fingerprint density at radius 2 is 2.17 bits per heavy atom. The minimum Gasteiger partial charge on any atom is -0.478 e. The van der Waals surface area contributed by atoms with E-state index in [9.17, 15) is 9.59 Å². The van der Waals surface area contributed by atoms with Gasteiger partial charge in [-0.05, 0) is 25.1 Å². The monoisotopic (exact) mass is 248 g/mol. The Labute approximate surface area is 103 Å². The first-order valence-electron chi connectivity index (χ1n) is 5.30. The van der Waals surface area contributed by atoms with Crippen LogP contribution in [0, 0.1) is 6.92 Å². The van der Waals surface area contributed by atoms with E-state index in [4.69, 9.17) is 5.11 Å². The van der Waals surface area contributed by atoms with E-state index in [1.807, 2.05) is 0 Å². The van der Waals surface area contributed by atoms with Gasteiger partial charge >= 0.3 is 11.9 Å². The molecule has 1 heterocycles. The van der Waals surface area contributed by atoms with Crippen LogP contribution in [0.4, 0.5) is 0 Å². The van der Waals surface area contributed by atoms with Crippen molar-refractivity contribution >= 4 is 23.0 Å². The highest BCUT2D eigenvalue weighted by atomic mass is 16.5. The number of carboxylic acid groups (broad SMARTS) is 1. The second-order valence-corrected chi connectivity index (χ2v) is 3.83. The fraction of sp³-hybridized carbons (Fsp3) is 0.250. The van der Waals surface area contributed by atoms with Gasteiger partial charge in [-0.15, -0.1) is 0 Å². The van der Waals surface area contributed by atoms with Gasteiger partial charge in [0, 0.05) is 0 Å². The van der Waals surface area contributed by atoms with Crippen LogP contribution in [-0.4, -0.2) is 33.7 Å². The largest absolute Gasteiger partial charge is 0.478 e. The maximum Gasteiger partial charge on any atom is 0.335 e. The lowest BCUT2D eigenvalue weighted by molar-refractivity contribution is -0.141. The summed E-state index contributed by atoms with van der Waals surface area (Å²) >= 11 is 0. The Bertz CT molecular complexity index is 630. The summed E-state index contributed by atoms with van der Waals surface area (Å²) in [5.41, 5.74) is 1.43. The number of fused-ring (bicyclic) bond motifs is 1. The molecule has 1 N–H and O–H groups in total. The van der Waals surface area contributed by atoms with Crippen LogP contribution in [0.2, 0.25) is 0 Å². The highest BCUT2D eigenvalue weighted by Crippen LogP contribution is 2.18. The molecule has 0 aliphatic rings. The summed E-state index contributed by atoms with van der Waals surface area (Å²) in [6.45, 7) is 1.81. The smallest absolute Gasteiger partial charge is 0.335 e. The van der Waals surface area contributed by atoms with Crippen molar-refractivity contribution in [1.29, 1.82) is 0 Å². The van der Waals surface area contributed by atoms with Crippen molar-refractivity contribution in [2.75, 3.05) is 7.11 Å². The summed E-state index contributed by atoms with van der Waals surface area (Å²) < 4.78 is 6.30. The van der Waals surface area contributed by atoms with E-state index in [-0.39, 0.29) is 18.1 Å². The van der Waals surface area contributed by atoms with Crippen LogP contribution in [0.5, 0.6) is 0 Å². The molecule has 6 heteroatoms. The van der Waals surface area contributed by atoms with Gasteiger partial charge in [0.15, 0.2) is 0 Å². The maximum atomic E-state index is 11.3. The molecule has 0 saturated carbocycles. The Morgan fingerprint density at radius 1 is 1.44 bits per heavy atom. The van der Waals surface area contributed by atoms with E-state index in [0.29, 0.717) is 16.9 Å². The quantitative estimate of drug-likeness (QED) is 0.826. The number of aromatic nitrogens is 2. The minimum absolute atomic E-state index is 0.0608. The van der Waals surface area contributed by atoms with Gasteiger partial charge < -0.3 is 14.4 Å². The zero-order valence-corrected chi connectivity index (χ0v) is 10.0. The van der Waals surface area contributed by atoms with Gasteiger partial charge in [-0.2, -0.15) is 0 Å². The van der Waals surface area contributed by atoms with E-state index in [0.717, 1.165) is 0 Å². The number of esters is 1. The molecule has 0 fully saturated rings. The molecule has 1 aromatic heterocycles. The van der Waals surface area contributed by atoms with Crippen molar-refractivity contribution < 1.29 is 19.4 Å². The fourth-order valence-electron chi connectivity index (χ4n) is 1.78. The number of hydrogen-bond donors (Lipinski definition) is 1. The zero-order chi connectivity index (χ0) is 13.3. The lowest BCUT2D eigenvalue weighted by Gasteiger charge is -2.04. The second kappa shape index (κ2) is 4.48. The summed E-state index contributed by atoms with van der Waals surface area (Å²) in [4.78, 5) is 26.4. The van der Waals surface area contributed by atoms with Gasteiger partial charge in [0.1, 0.15) is 12.4 Å². The number of imidazole rings is 1. The van der Waals surface area contributed by atoms with Crippen LogP contribution in [0.25, 0.3) is 11.0 Å². The van der Waals surface area contributed by atoms with Crippen LogP contribution in [0.1, 0.15) is 16.2 Å². The number of carbonyl (C=O) groups is 2. The molecule has 0 radical (unpaired) electrons. The van der Waals surface area contributed by atoms with Gasteiger partial charge in [-0.3, -0.25) is 4.79 Å². The number of ether oxygens (including phenoxy) is 1. The standard InChI is InChI=1S/C12H12N2O4/c1-7-13-9-5-8(12(16)17)3-4-10(9)14(7)6-11(15)18-2/h3-5H,6H2,1-2H3,(H,16,17). The molecule has 0 bridgehead atoms. The van der Waals surface area contributed by atoms with E-state index < -0.39 is 5.97 Å². The number of methoxy groups -OCH3 is 1. The number of aromatic carboxylic acids is 1. The molecule has 0 unspecified atom stereocenters. The van der Waals surface area contributed by atoms with Crippen molar-refractivity contribution in [2.24, 2.45) is 0 Å². The van der Waals surface area contributed by atoms with Crippen molar-refractivity contribution in [1.82, 2.24) is 9.55 Å². The van der Waals surface area contributed by atoms with Gasteiger partial charge in [-0.25, -0.2) is 9.78 Å². The average Bonchev–Trinajstić information content (AvgIpc) is 2.64. The Balaban J connectivity index is 2.52. The summed E-state index contributed by atoms with van der Waals surface area (Å²) in [6.07, 6.45) is 0. The molecule has 18 heavy (non-hydrogen) atoms. The van der Waals surface area contributed by atoms with E-state index in [1.54, 1.807) is 17.6 Å². The lowest BCUT2D eigenvalue weighted by atomic mass is 10.2. The van der Waals surface area contributed by atoms with Gasteiger partial charge in [0.2, 0.25) is 0 Å². The van der Waals surface area contributed by atoms with E-state index >= 15 is 0 Å². The molecule has 94 valence electrons. The first-order valence-corrected chi connectivity index (χ1v) is 5.30. The topological polar surface area (TPSA) is 81.4 Å². The Kier molecular flexibility index (Phi) is 3.01. The number of carbonyl (C=O) groups excluding carboxylic acids is 1. The summed E-state index contributed by atoms with van der Waals surface area (Å²) in [5, 5.41) is 8.90. The SMILES string of the molecule is COC(=O)Cn1c(C)nc2cc(C(=O)O)ccc21. The van der Waals surface area contributed by atoms with Crippen LogP contribution in [0.15, 0.2) is 18.2 Å². The van der Waals surface area contributed by atoms with Crippen LogP contribution in [0.3, 0.4) is 0 Å². The third kappa shape index (κ3) is 2.04. The normalized spacial score (nSPS) is 10.6. The highest BCUT2D eigenvalue weighted by Gasteiger charge is 2.13. The van der Waals surface area contributed by atoms with Gasteiger partial charge in [0.25, 0.3) is 0 Å². The minimum atomic E-state index is -1.00. The summed E-state index contributed by atoms with van der Waals surface area (Å²) in [7, 11) is 1.32. The first-order chi connectivity index (χ1) is 8.52. The fourth-order valence-corrected chi connectivity index (χ4v) is 1.78. The molecule has 2 aromatic rings. The predicted octanol–water partition coefficient (Wildman–Crippen LogP) is 1.22. The summed E-state index contributed by atoms with van der Waals surface area (Å²) in [6, 6.07) is 4.61. The van der Waals surface area contributed by atoms with E-state index in [1.165, 1.54) is 19.2 Å². The van der Waals surface area contributed by atoms with E-state index in [2.05, 4.69) is 9.72 Å². The van der Waals surface area contributed by atoms with Crippen LogP contribution >= 0.6 is 0 Å². The molecule has 6 nitrogen and oxygen atoms in total. The highest BCUT2D eigenvalue weighted by molar-refractivity contribution is 5.92. The molecule has 0 aliphatic heterocycles. The number of aryl methyl sites for hydroxylation is 1. The molecule has 2 rings (SSSR count). The van der Waals surface area contributed by atoms with Gasteiger partial charge in [-0.1, -0.05) is 0 Å². The summed E-state index contributed by atoms with van der Waals surface area (Å²) in [5.74, 6) is -0.741. The molecule has 0 amide bonds.